The molecular formula is C20H20ClN3O7S. The Morgan fingerprint density at radius 2 is 1.94 bits per heavy atom. The number of halogens is 1. The highest BCUT2D eigenvalue weighted by molar-refractivity contribution is 7.90. The summed E-state index contributed by atoms with van der Waals surface area (Å²) in [6, 6.07) is 8.29. The number of methoxy groups -OCH3 is 1. The number of aromatic amines is 1. The summed E-state index contributed by atoms with van der Waals surface area (Å²) in [5.74, 6) is 0.356. The van der Waals surface area contributed by atoms with Crippen LogP contribution in [0.5, 0.6) is 11.8 Å². The lowest BCUT2D eigenvalue weighted by Gasteiger charge is -2.15. The Labute approximate surface area is 188 Å². The van der Waals surface area contributed by atoms with Gasteiger partial charge in [0.1, 0.15) is 24.1 Å². The third-order valence-electron chi connectivity index (χ3n) is 5.43. The first-order valence-corrected chi connectivity index (χ1v) is 11.9. The van der Waals surface area contributed by atoms with Crippen molar-refractivity contribution in [2.45, 2.75) is 35.2 Å². The second-order valence-corrected chi connectivity index (χ2v) is 9.93. The molecule has 0 amide bonds. The number of rotatable bonds is 6. The van der Waals surface area contributed by atoms with E-state index in [-0.39, 0.29) is 40.7 Å². The average Bonchev–Trinajstić information content (AvgIpc) is 3.44. The quantitative estimate of drug-likeness (QED) is 0.537. The lowest BCUT2D eigenvalue weighted by atomic mass is 10.1. The summed E-state index contributed by atoms with van der Waals surface area (Å²) < 4.78 is 47.9. The van der Waals surface area contributed by atoms with Gasteiger partial charge in [0.05, 0.1) is 36.6 Å². The van der Waals surface area contributed by atoms with E-state index in [1.54, 1.807) is 24.3 Å². The summed E-state index contributed by atoms with van der Waals surface area (Å²) in [7, 11) is -2.30. The van der Waals surface area contributed by atoms with Crippen LogP contribution in [0.25, 0.3) is 11.2 Å². The summed E-state index contributed by atoms with van der Waals surface area (Å²) in [6.07, 6.45) is -2.00. The molecule has 32 heavy (non-hydrogen) atoms. The maximum Gasteiger partial charge on any atom is 0.296 e. The molecule has 2 fully saturated rings. The molecule has 2 aromatic heterocycles. The standard InChI is InChI=1S/C20H20ClN3O7S/c1-28-11-4-2-10(3-5-11)9-32(26,27)19-12(21)6-13-18(23-19)24-20(22-13)31-15-8-30-16-14(25)7-29-17(15)16/h2-6,14-17,25H,7-9H2,1H3,(H,22,23,24)/t14-,15-,16-,17-/m1/s1. The number of nitrogens with zero attached hydrogens (tertiary/aromatic N) is 2. The fourth-order valence-electron chi connectivity index (χ4n) is 3.85. The average molecular weight is 482 g/mol. The molecule has 0 aliphatic carbocycles. The van der Waals surface area contributed by atoms with Crippen molar-refractivity contribution in [2.24, 2.45) is 0 Å². The first-order valence-electron chi connectivity index (χ1n) is 9.84. The first-order chi connectivity index (χ1) is 15.3. The molecule has 2 N–H and O–H groups in total. The van der Waals surface area contributed by atoms with E-state index in [0.29, 0.717) is 16.8 Å². The van der Waals surface area contributed by atoms with Crippen molar-refractivity contribution < 1.29 is 32.5 Å². The molecule has 2 saturated heterocycles. The molecule has 170 valence electrons. The number of fused-ring (bicyclic) bond motifs is 2. The lowest BCUT2D eigenvalue weighted by molar-refractivity contribution is 0.00706. The highest BCUT2D eigenvalue weighted by Crippen LogP contribution is 2.31. The highest BCUT2D eigenvalue weighted by atomic mass is 35.5. The van der Waals surface area contributed by atoms with Gasteiger partial charge >= 0.3 is 0 Å². The summed E-state index contributed by atoms with van der Waals surface area (Å²) >= 11 is 6.25. The largest absolute Gasteiger partial charge is 0.497 e. The van der Waals surface area contributed by atoms with Crippen molar-refractivity contribution in [1.29, 1.82) is 0 Å². The molecular weight excluding hydrogens is 462 g/mol. The number of H-pyrrole nitrogens is 1. The van der Waals surface area contributed by atoms with Crippen molar-refractivity contribution in [1.82, 2.24) is 15.0 Å². The fourth-order valence-corrected chi connectivity index (χ4v) is 5.70. The van der Waals surface area contributed by atoms with Crippen LogP contribution in [0.3, 0.4) is 0 Å². The molecule has 12 heteroatoms. The van der Waals surface area contributed by atoms with Crippen molar-refractivity contribution in [2.75, 3.05) is 20.3 Å². The number of hydrogen-bond donors (Lipinski definition) is 2. The molecule has 0 spiro atoms. The molecule has 0 unspecified atom stereocenters. The van der Waals surface area contributed by atoms with Crippen molar-refractivity contribution in [3.8, 4) is 11.8 Å². The highest BCUT2D eigenvalue weighted by Gasteiger charge is 2.48. The van der Waals surface area contributed by atoms with Gasteiger partial charge in [0, 0.05) is 0 Å². The minimum atomic E-state index is -3.83. The SMILES string of the molecule is COc1ccc(CS(=O)(=O)c2nc3nc(O[C@@H]4CO[C@H]5[C@@H]4OC[C@H]5O)[nH]c3cc2Cl)cc1. The minimum absolute atomic E-state index is 0.0206. The van der Waals surface area contributed by atoms with Crippen molar-refractivity contribution >= 4 is 32.6 Å². The molecule has 2 aliphatic heterocycles. The van der Waals surface area contributed by atoms with Gasteiger partial charge in [0.15, 0.2) is 16.8 Å². The van der Waals surface area contributed by atoms with Gasteiger partial charge in [-0.25, -0.2) is 13.4 Å². The van der Waals surface area contributed by atoms with Crippen molar-refractivity contribution in [3.05, 3.63) is 40.9 Å². The van der Waals surface area contributed by atoms with Gasteiger partial charge in [-0.2, -0.15) is 4.98 Å². The number of ether oxygens (including phenoxy) is 4. The molecule has 0 radical (unpaired) electrons. The summed E-state index contributed by atoms with van der Waals surface area (Å²) in [5, 5.41) is 9.57. The van der Waals surface area contributed by atoms with Crippen LogP contribution in [0.4, 0.5) is 0 Å². The Bertz CT molecular complexity index is 1250. The lowest BCUT2D eigenvalue weighted by Crippen LogP contribution is -2.34. The van der Waals surface area contributed by atoms with Gasteiger partial charge in [-0.05, 0) is 23.8 Å². The van der Waals surface area contributed by atoms with Crippen LogP contribution in [0, 0.1) is 0 Å². The van der Waals surface area contributed by atoms with Crippen LogP contribution in [-0.2, 0) is 25.1 Å². The smallest absolute Gasteiger partial charge is 0.296 e. The Morgan fingerprint density at radius 1 is 1.19 bits per heavy atom. The summed E-state index contributed by atoms with van der Waals surface area (Å²) in [6.45, 7) is 0.418. The molecule has 0 bridgehead atoms. The second kappa shape index (κ2) is 8.16. The molecule has 3 aromatic rings. The number of aliphatic hydroxyl groups excluding tert-OH is 1. The molecule has 2 aliphatic rings. The number of sulfone groups is 1. The van der Waals surface area contributed by atoms with E-state index in [1.165, 1.54) is 13.2 Å². The molecule has 10 nitrogen and oxygen atoms in total. The Hall–Kier alpha value is -2.44. The van der Waals surface area contributed by atoms with Crippen LogP contribution in [0.2, 0.25) is 5.02 Å². The number of pyridine rings is 1. The first kappa shape index (κ1) is 21.4. The number of nitrogens with one attached hydrogen (secondary N) is 1. The maximum atomic E-state index is 13.0. The van der Waals surface area contributed by atoms with Gasteiger partial charge in [-0.3, -0.25) is 0 Å². The van der Waals surface area contributed by atoms with Crippen molar-refractivity contribution in [3.63, 3.8) is 0 Å². The number of aromatic nitrogens is 3. The Kier molecular flexibility index (Phi) is 5.46. The summed E-state index contributed by atoms with van der Waals surface area (Å²) in [5.41, 5.74) is 1.15. The third-order valence-corrected chi connectivity index (χ3v) is 7.44. The Morgan fingerprint density at radius 3 is 2.69 bits per heavy atom. The normalized spacial score (nSPS) is 25.2. The zero-order valence-corrected chi connectivity index (χ0v) is 18.5. The zero-order valence-electron chi connectivity index (χ0n) is 16.9. The molecule has 5 rings (SSSR count). The predicted octanol–water partition coefficient (Wildman–Crippen LogP) is 1.50. The summed E-state index contributed by atoms with van der Waals surface area (Å²) in [4.78, 5) is 11.4. The van der Waals surface area contributed by atoms with Crippen LogP contribution >= 0.6 is 11.6 Å². The minimum Gasteiger partial charge on any atom is -0.497 e. The van der Waals surface area contributed by atoms with Gasteiger partial charge in [-0.15, -0.1) is 0 Å². The van der Waals surface area contributed by atoms with Gasteiger partial charge in [-0.1, -0.05) is 23.7 Å². The van der Waals surface area contributed by atoms with E-state index in [4.69, 9.17) is 30.5 Å². The van der Waals surface area contributed by atoms with Crippen LogP contribution in [-0.4, -0.2) is 73.2 Å². The molecule has 0 saturated carbocycles. The van der Waals surface area contributed by atoms with Crippen LogP contribution in [0.1, 0.15) is 5.56 Å². The monoisotopic (exact) mass is 481 g/mol. The topological polar surface area (TPSA) is 133 Å². The van der Waals surface area contributed by atoms with E-state index >= 15 is 0 Å². The third kappa shape index (κ3) is 3.90. The van der Waals surface area contributed by atoms with E-state index in [0.717, 1.165) is 0 Å². The zero-order chi connectivity index (χ0) is 22.5. The number of imidazole rings is 1. The van der Waals surface area contributed by atoms with Gasteiger partial charge in [0.2, 0.25) is 9.84 Å². The van der Waals surface area contributed by atoms with Crippen LogP contribution in [0.15, 0.2) is 35.4 Å². The number of aliphatic hydroxyl groups is 1. The predicted molar refractivity (Wildman–Crippen MR) is 113 cm³/mol. The molecule has 4 heterocycles. The Balaban J connectivity index is 1.38. The fraction of sp³-hybridized carbons (Fsp3) is 0.400. The number of hydrogen-bond acceptors (Lipinski definition) is 9. The molecule has 4 atom stereocenters. The van der Waals surface area contributed by atoms with Gasteiger partial charge < -0.3 is 29.0 Å². The second-order valence-electron chi connectivity index (χ2n) is 7.62. The van der Waals surface area contributed by atoms with Crippen LogP contribution < -0.4 is 9.47 Å². The van der Waals surface area contributed by atoms with E-state index in [2.05, 4.69) is 15.0 Å². The maximum absolute atomic E-state index is 13.0. The van der Waals surface area contributed by atoms with E-state index in [9.17, 15) is 13.5 Å². The molecule has 1 aromatic carbocycles. The van der Waals surface area contributed by atoms with Gasteiger partial charge in [0.25, 0.3) is 6.01 Å². The number of benzene rings is 1. The van der Waals surface area contributed by atoms with E-state index < -0.39 is 34.3 Å². The van der Waals surface area contributed by atoms with E-state index in [1.807, 2.05) is 0 Å².